The molecule has 0 unspecified atom stereocenters. The topological polar surface area (TPSA) is 86.8 Å². The largest absolute Gasteiger partial charge is 0.486 e. The van der Waals surface area contributed by atoms with E-state index in [4.69, 9.17) is 15.2 Å². The summed E-state index contributed by atoms with van der Waals surface area (Å²) in [7, 11) is 0. The number of Topliss-reactive ketones (excluding diaryl/α,β-unsaturated/α-hetero) is 1. The Balaban J connectivity index is 1.40. The lowest BCUT2D eigenvalue weighted by Crippen LogP contribution is -2.40. The number of hydrogen-bond donors (Lipinski definition) is 1. The van der Waals surface area contributed by atoms with Gasteiger partial charge in [0.2, 0.25) is 5.91 Å². The average molecular weight is 412 g/mol. The highest BCUT2D eigenvalue weighted by molar-refractivity contribution is 5.99. The first-order valence-corrected chi connectivity index (χ1v) is 10.5. The highest BCUT2D eigenvalue weighted by Crippen LogP contribution is 2.31. The third-order valence-corrected chi connectivity index (χ3v) is 6.18. The first-order chi connectivity index (χ1) is 14.4. The fourth-order valence-electron chi connectivity index (χ4n) is 4.38. The number of nitrogens with zero attached hydrogens (tertiary/aromatic N) is 2. The molecule has 2 N–H and O–H groups in total. The Bertz CT molecular complexity index is 944. The molecule has 0 aliphatic carbocycles. The number of fused-ring (bicyclic) bond motifs is 1. The van der Waals surface area contributed by atoms with Crippen molar-refractivity contribution in [3.8, 4) is 11.5 Å². The monoisotopic (exact) mass is 411 g/mol. The number of para-hydroxylation sites is 2. The number of primary amides is 1. The Morgan fingerprint density at radius 2 is 1.83 bits per heavy atom. The van der Waals surface area contributed by atoms with Gasteiger partial charge in [0.1, 0.15) is 6.61 Å². The van der Waals surface area contributed by atoms with Crippen molar-refractivity contribution in [2.45, 2.75) is 39.3 Å². The van der Waals surface area contributed by atoms with Crippen LogP contribution in [0.2, 0.25) is 0 Å². The SMILES string of the molecule is Cc1cc(C(=O)CN2CCC(C(N)=O)CC2)c(C)n1C[C@@H]1COc2ccccc2O1. The Labute approximate surface area is 176 Å². The van der Waals surface area contributed by atoms with Crippen LogP contribution in [0, 0.1) is 19.8 Å². The standard InChI is InChI=1S/C23H29N3O4/c1-15-11-19(20(27)13-25-9-7-17(8-10-25)23(24)28)16(2)26(15)12-18-14-29-21-5-3-4-6-22(21)30-18/h3-6,11,17-18H,7-10,12-14H2,1-2H3,(H2,24,28)/t18-/m1/s1. The van der Waals surface area contributed by atoms with Crippen molar-refractivity contribution in [1.82, 2.24) is 9.47 Å². The van der Waals surface area contributed by atoms with Crippen molar-refractivity contribution in [2.24, 2.45) is 11.7 Å². The van der Waals surface area contributed by atoms with Gasteiger partial charge in [-0.1, -0.05) is 12.1 Å². The van der Waals surface area contributed by atoms with Crippen LogP contribution in [0.15, 0.2) is 30.3 Å². The molecule has 2 aliphatic rings. The Morgan fingerprint density at radius 1 is 1.13 bits per heavy atom. The van der Waals surface area contributed by atoms with Crippen LogP contribution >= 0.6 is 0 Å². The maximum atomic E-state index is 13.0. The van der Waals surface area contributed by atoms with Crippen LogP contribution in [0.3, 0.4) is 0 Å². The van der Waals surface area contributed by atoms with Crippen molar-refractivity contribution >= 4 is 11.7 Å². The Morgan fingerprint density at radius 3 is 2.53 bits per heavy atom. The number of rotatable bonds is 6. The second-order valence-corrected chi connectivity index (χ2v) is 8.27. The molecule has 1 aromatic heterocycles. The van der Waals surface area contributed by atoms with E-state index >= 15 is 0 Å². The molecular formula is C23H29N3O4. The molecule has 7 nitrogen and oxygen atoms in total. The van der Waals surface area contributed by atoms with Gasteiger partial charge in [-0.3, -0.25) is 14.5 Å². The smallest absolute Gasteiger partial charge is 0.220 e. The number of amides is 1. The maximum Gasteiger partial charge on any atom is 0.220 e. The van der Waals surface area contributed by atoms with Crippen LogP contribution in [-0.2, 0) is 11.3 Å². The van der Waals surface area contributed by atoms with Gasteiger partial charge in [0.15, 0.2) is 23.4 Å². The summed E-state index contributed by atoms with van der Waals surface area (Å²) in [5.74, 6) is 1.33. The number of ether oxygens (including phenoxy) is 2. The third-order valence-electron chi connectivity index (χ3n) is 6.18. The van der Waals surface area contributed by atoms with Gasteiger partial charge in [-0.25, -0.2) is 0 Å². The Hall–Kier alpha value is -2.80. The van der Waals surface area contributed by atoms with E-state index in [0.717, 1.165) is 54.4 Å². The molecule has 3 heterocycles. The summed E-state index contributed by atoms with van der Waals surface area (Å²) in [6, 6.07) is 9.64. The second-order valence-electron chi connectivity index (χ2n) is 8.27. The number of benzene rings is 1. The molecule has 7 heteroatoms. The molecule has 4 rings (SSSR count). The second kappa shape index (κ2) is 8.52. The van der Waals surface area contributed by atoms with E-state index in [9.17, 15) is 9.59 Å². The van der Waals surface area contributed by atoms with E-state index in [2.05, 4.69) is 9.47 Å². The molecule has 1 aromatic carbocycles. The number of ketones is 1. The summed E-state index contributed by atoms with van der Waals surface area (Å²) in [6.07, 6.45) is 1.34. The number of likely N-dealkylation sites (tertiary alicyclic amines) is 1. The number of hydrogen-bond acceptors (Lipinski definition) is 5. The number of aryl methyl sites for hydroxylation is 1. The third kappa shape index (κ3) is 4.21. The molecule has 0 bridgehead atoms. The fraction of sp³-hybridized carbons (Fsp3) is 0.478. The van der Waals surface area contributed by atoms with Crippen LogP contribution < -0.4 is 15.2 Å². The van der Waals surface area contributed by atoms with Gasteiger partial charge in [-0.2, -0.15) is 0 Å². The lowest BCUT2D eigenvalue weighted by Gasteiger charge is -2.29. The summed E-state index contributed by atoms with van der Waals surface area (Å²) >= 11 is 0. The molecule has 1 atom stereocenters. The number of carbonyl (C=O) groups excluding carboxylic acids is 2. The molecule has 1 fully saturated rings. The van der Waals surface area contributed by atoms with Crippen molar-refractivity contribution in [3.05, 3.63) is 47.3 Å². The summed E-state index contributed by atoms with van der Waals surface area (Å²) < 4.78 is 14.0. The molecule has 1 saturated heterocycles. The minimum atomic E-state index is -0.235. The minimum absolute atomic E-state index is 0.0655. The molecule has 1 amide bonds. The minimum Gasteiger partial charge on any atom is -0.486 e. The highest BCUT2D eigenvalue weighted by Gasteiger charge is 2.27. The lowest BCUT2D eigenvalue weighted by molar-refractivity contribution is -0.123. The molecule has 0 spiro atoms. The number of carbonyl (C=O) groups is 2. The van der Waals surface area contributed by atoms with E-state index in [1.165, 1.54) is 0 Å². The summed E-state index contributed by atoms with van der Waals surface area (Å²) in [5.41, 5.74) is 8.14. The highest BCUT2D eigenvalue weighted by atomic mass is 16.6. The lowest BCUT2D eigenvalue weighted by atomic mass is 9.96. The normalized spacial score (nSPS) is 19.6. The fourth-order valence-corrected chi connectivity index (χ4v) is 4.38. The van der Waals surface area contributed by atoms with Gasteiger partial charge in [-0.15, -0.1) is 0 Å². The molecule has 2 aliphatic heterocycles. The zero-order chi connectivity index (χ0) is 21.3. The molecule has 0 radical (unpaired) electrons. The van der Waals surface area contributed by atoms with Gasteiger partial charge in [0, 0.05) is 22.9 Å². The first-order valence-electron chi connectivity index (χ1n) is 10.5. The summed E-state index contributed by atoms with van der Waals surface area (Å²) in [5, 5.41) is 0. The quantitative estimate of drug-likeness (QED) is 0.738. The zero-order valence-electron chi connectivity index (χ0n) is 17.6. The molecule has 160 valence electrons. The predicted molar refractivity (Wildman–Crippen MR) is 113 cm³/mol. The number of nitrogens with two attached hydrogens (primary N) is 1. The summed E-state index contributed by atoms with van der Waals surface area (Å²) in [6.45, 7) is 6.92. The van der Waals surface area contributed by atoms with E-state index in [0.29, 0.717) is 19.7 Å². The molecule has 0 saturated carbocycles. The zero-order valence-corrected chi connectivity index (χ0v) is 17.6. The van der Waals surface area contributed by atoms with Crippen molar-refractivity contribution < 1.29 is 19.1 Å². The molecular weight excluding hydrogens is 382 g/mol. The maximum absolute atomic E-state index is 13.0. The van der Waals surface area contributed by atoms with Gasteiger partial charge in [-0.05, 0) is 58.0 Å². The van der Waals surface area contributed by atoms with Crippen molar-refractivity contribution in [2.75, 3.05) is 26.2 Å². The van der Waals surface area contributed by atoms with Gasteiger partial charge in [0.25, 0.3) is 0 Å². The Kier molecular flexibility index (Phi) is 5.81. The molecule has 30 heavy (non-hydrogen) atoms. The van der Waals surface area contributed by atoms with Crippen molar-refractivity contribution in [3.63, 3.8) is 0 Å². The van der Waals surface area contributed by atoms with Crippen LogP contribution in [-0.4, -0.2) is 53.5 Å². The van der Waals surface area contributed by atoms with Crippen LogP contribution in [0.4, 0.5) is 0 Å². The first kappa shape index (κ1) is 20.5. The van der Waals surface area contributed by atoms with Gasteiger partial charge in [0.05, 0.1) is 13.1 Å². The van der Waals surface area contributed by atoms with Crippen molar-refractivity contribution in [1.29, 1.82) is 0 Å². The number of aromatic nitrogens is 1. The van der Waals surface area contributed by atoms with Crippen LogP contribution in [0.1, 0.15) is 34.6 Å². The van der Waals surface area contributed by atoms with E-state index in [-0.39, 0.29) is 23.7 Å². The van der Waals surface area contributed by atoms with Crippen LogP contribution in [0.25, 0.3) is 0 Å². The van der Waals surface area contributed by atoms with Gasteiger partial charge < -0.3 is 19.8 Å². The average Bonchev–Trinajstić information content (AvgIpc) is 3.02. The predicted octanol–water partition coefficient (Wildman–Crippen LogP) is 2.32. The van der Waals surface area contributed by atoms with Gasteiger partial charge >= 0.3 is 0 Å². The van der Waals surface area contributed by atoms with E-state index in [1.807, 2.05) is 44.2 Å². The number of piperidine rings is 1. The summed E-state index contributed by atoms with van der Waals surface area (Å²) in [4.78, 5) is 26.4. The van der Waals surface area contributed by atoms with Crippen LogP contribution in [0.5, 0.6) is 11.5 Å². The van der Waals surface area contributed by atoms with E-state index < -0.39 is 0 Å². The molecule has 2 aromatic rings. The van der Waals surface area contributed by atoms with E-state index in [1.54, 1.807) is 0 Å².